The summed E-state index contributed by atoms with van der Waals surface area (Å²) in [5.74, 6) is -1.02. The van der Waals surface area contributed by atoms with E-state index in [1.165, 1.54) is 9.21 Å². The van der Waals surface area contributed by atoms with Crippen LogP contribution in [0.25, 0.3) is 10.8 Å². The van der Waals surface area contributed by atoms with Crippen LogP contribution >= 0.6 is 0 Å². The number of likely N-dealkylation sites (tertiary alicyclic amines) is 2. The first-order valence-electron chi connectivity index (χ1n) is 14.0. The molecule has 0 aromatic heterocycles. The molecule has 2 aromatic carbocycles. The minimum atomic E-state index is -3.97. The number of sulfonamides is 1. The number of imide groups is 1. The normalized spacial score (nSPS) is 27.4. The van der Waals surface area contributed by atoms with E-state index in [1.807, 2.05) is 50.2 Å². The second-order valence-corrected chi connectivity index (χ2v) is 13.4. The van der Waals surface area contributed by atoms with E-state index in [4.69, 9.17) is 0 Å². The molecule has 208 valence electrons. The van der Waals surface area contributed by atoms with Gasteiger partial charge in [-0.1, -0.05) is 31.2 Å². The first-order valence-corrected chi connectivity index (χ1v) is 15.5. The summed E-state index contributed by atoms with van der Waals surface area (Å²) in [6.07, 6.45) is 3.75. The molecule has 4 fully saturated rings. The topological polar surface area (TPSA) is 98.3 Å². The number of fused-ring (bicyclic) bond motifs is 2. The molecule has 0 unspecified atom stereocenters. The van der Waals surface area contributed by atoms with Gasteiger partial charge in [0.1, 0.15) is 6.04 Å². The van der Waals surface area contributed by atoms with E-state index in [0.717, 1.165) is 23.9 Å². The van der Waals surface area contributed by atoms with Gasteiger partial charge in [0.15, 0.2) is 0 Å². The molecular weight excluding hydrogens is 516 g/mol. The fraction of sp³-hybridized carbons (Fsp3) is 0.552. The van der Waals surface area contributed by atoms with Crippen LogP contribution in [0.5, 0.6) is 0 Å². The van der Waals surface area contributed by atoms with Crippen molar-refractivity contribution in [3.8, 4) is 0 Å². The van der Waals surface area contributed by atoms with Crippen LogP contribution in [0.15, 0.2) is 41.3 Å². The molecule has 3 aliphatic heterocycles. The zero-order chi connectivity index (χ0) is 27.6. The molecule has 4 aliphatic rings. The van der Waals surface area contributed by atoms with E-state index in [0.29, 0.717) is 37.6 Å². The third kappa shape index (κ3) is 4.06. The lowest BCUT2D eigenvalue weighted by Gasteiger charge is -2.32. The summed E-state index contributed by atoms with van der Waals surface area (Å²) in [5.41, 5.74) is 0.920. The average molecular weight is 553 g/mol. The molecule has 3 amide bonds. The minimum Gasteiger partial charge on any atom is -0.377 e. The van der Waals surface area contributed by atoms with E-state index in [1.54, 1.807) is 17.0 Å². The molecule has 10 heteroatoms. The number of benzene rings is 2. The van der Waals surface area contributed by atoms with Crippen LogP contribution in [0.3, 0.4) is 0 Å². The number of carbonyl (C=O) groups is 3. The van der Waals surface area contributed by atoms with Crippen LogP contribution in [0.1, 0.15) is 45.4 Å². The van der Waals surface area contributed by atoms with E-state index in [-0.39, 0.29) is 47.2 Å². The Morgan fingerprint density at radius 2 is 1.67 bits per heavy atom. The van der Waals surface area contributed by atoms with Gasteiger partial charge < -0.3 is 9.80 Å². The number of carbonyl (C=O) groups excluding carboxylic acids is 3. The van der Waals surface area contributed by atoms with Crippen molar-refractivity contribution >= 4 is 44.2 Å². The third-order valence-corrected chi connectivity index (χ3v) is 11.0. The van der Waals surface area contributed by atoms with Gasteiger partial charge in [0.25, 0.3) is 0 Å². The van der Waals surface area contributed by atoms with Crippen LogP contribution in [0.2, 0.25) is 0 Å². The SMILES string of the molecule is CC[C@@H]1C(=O)N(C(=O)C2CC2)[C@H]2CCN(C(=O)[C@@H]3CCCN3S(=O)(=O)c3cccc4c(N(C)C)cccc34)[C@H]12. The van der Waals surface area contributed by atoms with Gasteiger partial charge in [-0.2, -0.15) is 4.31 Å². The first kappa shape index (κ1) is 26.3. The molecule has 4 atom stereocenters. The maximum Gasteiger partial charge on any atom is 0.244 e. The predicted molar refractivity (Wildman–Crippen MR) is 147 cm³/mol. The number of hydrogen-bond donors (Lipinski definition) is 0. The molecule has 6 rings (SSSR count). The highest BCUT2D eigenvalue weighted by Gasteiger charge is 2.58. The summed E-state index contributed by atoms with van der Waals surface area (Å²) in [7, 11) is -0.131. The maximum atomic E-state index is 14.1. The quantitative estimate of drug-likeness (QED) is 0.512. The second-order valence-electron chi connectivity index (χ2n) is 11.5. The second kappa shape index (κ2) is 9.59. The average Bonchev–Trinajstić information content (AvgIpc) is 3.38. The number of rotatable bonds is 6. The van der Waals surface area contributed by atoms with E-state index >= 15 is 0 Å². The lowest BCUT2D eigenvalue weighted by Crippen LogP contribution is -2.51. The summed E-state index contributed by atoms with van der Waals surface area (Å²) in [4.78, 5) is 45.7. The van der Waals surface area contributed by atoms with Crippen molar-refractivity contribution in [3.63, 3.8) is 0 Å². The van der Waals surface area contributed by atoms with Crippen molar-refractivity contribution in [2.45, 2.75) is 68.5 Å². The van der Waals surface area contributed by atoms with Crippen LogP contribution < -0.4 is 4.90 Å². The summed E-state index contributed by atoms with van der Waals surface area (Å²) in [6, 6.07) is 9.39. The zero-order valence-corrected chi connectivity index (χ0v) is 23.6. The predicted octanol–water partition coefficient (Wildman–Crippen LogP) is 2.83. The number of anilines is 1. The smallest absolute Gasteiger partial charge is 0.244 e. The Kier molecular flexibility index (Phi) is 6.45. The Balaban J connectivity index is 1.31. The molecule has 9 nitrogen and oxygen atoms in total. The molecule has 0 N–H and O–H groups in total. The van der Waals surface area contributed by atoms with Crippen molar-refractivity contribution in [3.05, 3.63) is 36.4 Å². The van der Waals surface area contributed by atoms with E-state index in [9.17, 15) is 22.8 Å². The largest absolute Gasteiger partial charge is 0.377 e. The van der Waals surface area contributed by atoms with E-state index < -0.39 is 22.0 Å². The maximum absolute atomic E-state index is 14.1. The molecule has 0 spiro atoms. The molecule has 39 heavy (non-hydrogen) atoms. The van der Waals surface area contributed by atoms with Gasteiger partial charge in [0, 0.05) is 49.6 Å². The summed E-state index contributed by atoms with van der Waals surface area (Å²) in [6.45, 7) is 2.62. The number of hydrogen-bond acceptors (Lipinski definition) is 6. The monoisotopic (exact) mass is 552 g/mol. The van der Waals surface area contributed by atoms with Gasteiger partial charge in [-0.25, -0.2) is 8.42 Å². The third-order valence-electron chi connectivity index (χ3n) is 9.02. The van der Waals surface area contributed by atoms with E-state index in [2.05, 4.69) is 0 Å². The van der Waals surface area contributed by atoms with Crippen LogP contribution in [-0.4, -0.2) is 85.6 Å². The Labute approximate surface area is 229 Å². The highest BCUT2D eigenvalue weighted by Crippen LogP contribution is 2.43. The van der Waals surface area contributed by atoms with Crippen molar-refractivity contribution in [2.75, 3.05) is 32.1 Å². The Morgan fingerprint density at radius 3 is 2.36 bits per heavy atom. The standard InChI is InChI=1S/C29H36N4O5S/c1-4-19-26-23(33(28(19)35)27(34)18-13-14-18)15-17-31(26)29(36)24-11-7-16-32(24)39(37,38)25-12-6-8-20-21(25)9-5-10-22(20)30(2)3/h5-6,8-10,12,18-19,23-24,26H,4,7,11,13-17H2,1-3H3/t19-,23-,24-,26+/m0/s1. The van der Waals surface area contributed by atoms with Gasteiger partial charge in [-0.3, -0.25) is 19.3 Å². The van der Waals surface area contributed by atoms with Crippen molar-refractivity contribution in [1.82, 2.24) is 14.1 Å². The van der Waals surface area contributed by atoms with Gasteiger partial charge in [-0.15, -0.1) is 0 Å². The lowest BCUT2D eigenvalue weighted by molar-refractivity contribution is -0.146. The van der Waals surface area contributed by atoms with Gasteiger partial charge in [-0.05, 0) is 50.7 Å². The van der Waals surface area contributed by atoms with Crippen molar-refractivity contribution in [1.29, 1.82) is 0 Å². The molecule has 3 heterocycles. The summed E-state index contributed by atoms with van der Waals surface area (Å²) >= 11 is 0. The molecule has 3 saturated heterocycles. The molecule has 1 aliphatic carbocycles. The highest BCUT2D eigenvalue weighted by atomic mass is 32.2. The zero-order valence-electron chi connectivity index (χ0n) is 22.7. The Morgan fingerprint density at radius 1 is 0.949 bits per heavy atom. The number of amides is 3. The van der Waals surface area contributed by atoms with Gasteiger partial charge in [0.05, 0.1) is 22.9 Å². The lowest BCUT2D eigenvalue weighted by atomic mass is 9.96. The molecule has 2 aromatic rings. The van der Waals surface area contributed by atoms with Crippen LogP contribution in [0.4, 0.5) is 5.69 Å². The Hall–Kier alpha value is -2.98. The molecule has 0 radical (unpaired) electrons. The van der Waals surface area contributed by atoms with Gasteiger partial charge in [0.2, 0.25) is 27.7 Å². The van der Waals surface area contributed by atoms with Crippen LogP contribution in [-0.2, 0) is 24.4 Å². The van der Waals surface area contributed by atoms with Crippen molar-refractivity contribution in [2.24, 2.45) is 11.8 Å². The fourth-order valence-corrected chi connectivity index (χ4v) is 8.86. The number of nitrogens with zero attached hydrogens (tertiary/aromatic N) is 4. The first-order chi connectivity index (χ1) is 18.7. The minimum absolute atomic E-state index is 0.0702. The van der Waals surface area contributed by atoms with Crippen LogP contribution in [0, 0.1) is 11.8 Å². The summed E-state index contributed by atoms with van der Waals surface area (Å²) < 4.78 is 29.6. The summed E-state index contributed by atoms with van der Waals surface area (Å²) in [5, 5.41) is 1.47. The highest BCUT2D eigenvalue weighted by molar-refractivity contribution is 7.89. The molecule has 1 saturated carbocycles. The molecule has 0 bridgehead atoms. The van der Waals surface area contributed by atoms with Gasteiger partial charge >= 0.3 is 0 Å². The fourth-order valence-electron chi connectivity index (χ4n) is 7.00. The van der Waals surface area contributed by atoms with Crippen molar-refractivity contribution < 1.29 is 22.8 Å². The molecular formula is C29H36N4O5S. The Bertz CT molecular complexity index is 1450.